The lowest BCUT2D eigenvalue weighted by Crippen LogP contribution is -2.35. The Hall–Kier alpha value is -1.17. The molecule has 2 aromatic rings. The van der Waals surface area contributed by atoms with Gasteiger partial charge in [-0.2, -0.15) is 0 Å². The van der Waals surface area contributed by atoms with Crippen molar-refractivity contribution in [2.24, 2.45) is 0 Å². The van der Waals surface area contributed by atoms with Crippen LogP contribution in [0.5, 0.6) is 0 Å². The van der Waals surface area contributed by atoms with Crippen LogP contribution >= 0.6 is 11.6 Å². The van der Waals surface area contributed by atoms with Gasteiger partial charge < -0.3 is 0 Å². The predicted molar refractivity (Wildman–Crippen MR) is 89.9 cm³/mol. The van der Waals surface area contributed by atoms with Gasteiger partial charge in [0.05, 0.1) is 17.0 Å². The Morgan fingerprint density at radius 2 is 2.18 bits per heavy atom. The summed E-state index contributed by atoms with van der Waals surface area (Å²) in [5.74, 6) is 0.563. The van der Waals surface area contributed by atoms with Gasteiger partial charge in [0, 0.05) is 29.2 Å². The van der Waals surface area contributed by atoms with Gasteiger partial charge in [0.25, 0.3) is 0 Å². The summed E-state index contributed by atoms with van der Waals surface area (Å²) in [5.41, 5.74) is 1.99. The van der Waals surface area contributed by atoms with E-state index in [1.165, 1.54) is 0 Å². The number of hydrogen-bond donors (Lipinski definition) is 0. The van der Waals surface area contributed by atoms with Crippen molar-refractivity contribution in [2.75, 3.05) is 18.1 Å². The molecule has 1 aliphatic rings. The maximum Gasteiger partial charge on any atom is 0.151 e. The van der Waals surface area contributed by atoms with E-state index in [0.29, 0.717) is 17.3 Å². The van der Waals surface area contributed by atoms with E-state index in [1.54, 1.807) is 6.20 Å². The Balaban J connectivity index is 1.90. The minimum Gasteiger partial charge on any atom is -0.295 e. The largest absolute Gasteiger partial charge is 0.295 e. The van der Waals surface area contributed by atoms with Gasteiger partial charge in [0.2, 0.25) is 0 Å². The predicted octanol–water partition coefficient (Wildman–Crippen LogP) is 2.90. The smallest absolute Gasteiger partial charge is 0.151 e. The summed E-state index contributed by atoms with van der Waals surface area (Å²) in [7, 11) is -2.87. The van der Waals surface area contributed by atoms with Gasteiger partial charge in [0.1, 0.15) is 0 Å². The molecule has 4 nitrogen and oxygen atoms in total. The number of benzene rings is 1. The summed E-state index contributed by atoms with van der Waals surface area (Å²) in [6, 6.07) is 7.82. The van der Waals surface area contributed by atoms with Gasteiger partial charge in [-0.25, -0.2) is 8.42 Å². The molecule has 0 aliphatic carbocycles. The lowest BCUT2D eigenvalue weighted by Gasteiger charge is -2.27. The monoisotopic (exact) mass is 338 g/mol. The first-order valence-corrected chi connectivity index (χ1v) is 9.66. The number of halogens is 1. The topological polar surface area (TPSA) is 50.3 Å². The van der Waals surface area contributed by atoms with Crippen LogP contribution in [0.4, 0.5) is 0 Å². The number of fused-ring (bicyclic) bond motifs is 1. The highest BCUT2D eigenvalue weighted by atomic mass is 35.5. The molecule has 0 radical (unpaired) electrons. The van der Waals surface area contributed by atoms with Crippen molar-refractivity contribution >= 4 is 32.3 Å². The summed E-state index contributed by atoms with van der Waals surface area (Å²) in [4.78, 5) is 6.68. The molecule has 0 bridgehead atoms. The molecule has 2 heterocycles. The highest BCUT2D eigenvalue weighted by molar-refractivity contribution is 7.91. The molecule has 22 heavy (non-hydrogen) atoms. The molecule has 1 atom stereocenters. The highest BCUT2D eigenvalue weighted by Gasteiger charge is 2.31. The summed E-state index contributed by atoms with van der Waals surface area (Å²) in [5, 5.41) is 1.63. The van der Waals surface area contributed by atoms with E-state index < -0.39 is 9.84 Å². The Morgan fingerprint density at radius 1 is 1.36 bits per heavy atom. The summed E-state index contributed by atoms with van der Waals surface area (Å²) in [6.45, 7) is 3.58. The van der Waals surface area contributed by atoms with Crippen molar-refractivity contribution in [1.82, 2.24) is 9.88 Å². The van der Waals surface area contributed by atoms with Crippen LogP contribution in [0.25, 0.3) is 10.9 Å². The van der Waals surface area contributed by atoms with Crippen molar-refractivity contribution in [1.29, 1.82) is 0 Å². The third-order valence-electron chi connectivity index (χ3n) is 4.30. The second-order valence-electron chi connectivity index (χ2n) is 5.73. The van der Waals surface area contributed by atoms with Crippen molar-refractivity contribution in [3.63, 3.8) is 0 Å². The first kappa shape index (κ1) is 15.7. The van der Waals surface area contributed by atoms with E-state index in [2.05, 4.69) is 16.8 Å². The van der Waals surface area contributed by atoms with Crippen LogP contribution in [0.1, 0.15) is 18.9 Å². The van der Waals surface area contributed by atoms with Crippen LogP contribution in [0.2, 0.25) is 5.02 Å². The zero-order valence-electron chi connectivity index (χ0n) is 12.5. The minimum atomic E-state index is -2.87. The standard InChI is InChI=1S/C16H19ClN2O2S/c1-2-19(13-7-9-22(20,21)11-13)10-12-5-6-15(17)14-4-3-8-18-16(12)14/h3-6,8,13H,2,7,9-11H2,1H3/t13-/m1/s1. The molecule has 1 fully saturated rings. The Bertz CT molecular complexity index is 792. The molecule has 3 rings (SSSR count). The molecule has 0 spiro atoms. The first-order chi connectivity index (χ1) is 10.5. The first-order valence-electron chi connectivity index (χ1n) is 7.47. The average Bonchev–Trinajstić information content (AvgIpc) is 2.87. The third-order valence-corrected chi connectivity index (χ3v) is 6.38. The number of pyridine rings is 1. The zero-order valence-corrected chi connectivity index (χ0v) is 14.1. The normalized spacial score (nSPS) is 20.8. The van der Waals surface area contributed by atoms with Crippen molar-refractivity contribution < 1.29 is 8.42 Å². The number of aromatic nitrogens is 1. The lowest BCUT2D eigenvalue weighted by molar-refractivity contribution is 0.215. The second-order valence-corrected chi connectivity index (χ2v) is 8.36. The summed E-state index contributed by atoms with van der Waals surface area (Å²) < 4.78 is 23.4. The van der Waals surface area contributed by atoms with E-state index in [4.69, 9.17) is 11.6 Å². The maximum absolute atomic E-state index is 11.7. The lowest BCUT2D eigenvalue weighted by atomic mass is 10.1. The summed E-state index contributed by atoms with van der Waals surface area (Å²) in [6.07, 6.45) is 2.48. The molecule has 0 N–H and O–H groups in total. The van der Waals surface area contributed by atoms with Crippen LogP contribution in [0, 0.1) is 0 Å². The minimum absolute atomic E-state index is 0.101. The van der Waals surface area contributed by atoms with Crippen molar-refractivity contribution in [2.45, 2.75) is 25.9 Å². The van der Waals surface area contributed by atoms with Gasteiger partial charge in [-0.05, 0) is 36.7 Å². The van der Waals surface area contributed by atoms with E-state index in [-0.39, 0.29) is 11.8 Å². The maximum atomic E-state index is 11.7. The fourth-order valence-corrected chi connectivity index (χ4v) is 5.08. The van der Waals surface area contributed by atoms with Gasteiger partial charge in [-0.15, -0.1) is 0 Å². The molecule has 6 heteroatoms. The molecule has 1 saturated heterocycles. The van der Waals surface area contributed by atoms with E-state index in [1.807, 2.05) is 24.3 Å². The fraction of sp³-hybridized carbons (Fsp3) is 0.438. The molecular weight excluding hydrogens is 320 g/mol. The number of hydrogen-bond acceptors (Lipinski definition) is 4. The van der Waals surface area contributed by atoms with Crippen LogP contribution in [0.3, 0.4) is 0 Å². The summed E-state index contributed by atoms with van der Waals surface area (Å²) >= 11 is 6.23. The molecule has 118 valence electrons. The average molecular weight is 339 g/mol. The van der Waals surface area contributed by atoms with Crippen molar-refractivity contribution in [3.05, 3.63) is 41.0 Å². The zero-order chi connectivity index (χ0) is 15.7. The highest BCUT2D eigenvalue weighted by Crippen LogP contribution is 2.27. The number of sulfone groups is 1. The quantitative estimate of drug-likeness (QED) is 0.860. The molecule has 1 aliphatic heterocycles. The van der Waals surface area contributed by atoms with Crippen molar-refractivity contribution in [3.8, 4) is 0 Å². The number of nitrogens with zero attached hydrogens (tertiary/aromatic N) is 2. The van der Waals surface area contributed by atoms with Crippen LogP contribution in [-0.4, -0.2) is 42.4 Å². The van der Waals surface area contributed by atoms with Gasteiger partial charge in [-0.3, -0.25) is 9.88 Å². The van der Waals surface area contributed by atoms with Gasteiger partial charge >= 0.3 is 0 Å². The molecular formula is C16H19ClN2O2S. The fourth-order valence-electron chi connectivity index (χ4n) is 3.11. The van der Waals surface area contributed by atoms with Crippen LogP contribution < -0.4 is 0 Å². The number of rotatable bonds is 4. The Morgan fingerprint density at radius 3 is 2.86 bits per heavy atom. The molecule has 1 aromatic heterocycles. The second kappa shape index (κ2) is 6.14. The van der Waals surface area contributed by atoms with Gasteiger partial charge in [0.15, 0.2) is 9.84 Å². The van der Waals surface area contributed by atoms with Crippen LogP contribution in [-0.2, 0) is 16.4 Å². The molecule has 1 aromatic carbocycles. The van der Waals surface area contributed by atoms with Crippen LogP contribution in [0.15, 0.2) is 30.5 Å². The third kappa shape index (κ3) is 3.12. The molecule has 0 unspecified atom stereocenters. The van der Waals surface area contributed by atoms with E-state index in [0.717, 1.165) is 29.4 Å². The van der Waals surface area contributed by atoms with Gasteiger partial charge in [-0.1, -0.05) is 24.6 Å². The Kier molecular flexibility index (Phi) is 4.39. The van der Waals surface area contributed by atoms with E-state index >= 15 is 0 Å². The van der Waals surface area contributed by atoms with E-state index in [9.17, 15) is 8.42 Å². The molecule has 0 amide bonds. The molecule has 0 saturated carbocycles. The SMILES string of the molecule is CCN(Cc1ccc(Cl)c2cccnc12)[C@@H]1CCS(=O)(=O)C1. The Labute approximate surface area is 136 Å².